The van der Waals surface area contributed by atoms with E-state index in [0.29, 0.717) is 19.3 Å². The van der Waals surface area contributed by atoms with Gasteiger partial charge in [0.1, 0.15) is 30.4 Å². The summed E-state index contributed by atoms with van der Waals surface area (Å²) in [4.78, 5) is 13.7. The van der Waals surface area contributed by atoms with Crippen LogP contribution in [0.15, 0.2) is 34.7 Å². The van der Waals surface area contributed by atoms with Gasteiger partial charge in [-0.05, 0) is 46.0 Å². The van der Waals surface area contributed by atoms with Gasteiger partial charge >= 0.3 is 0 Å². The fourth-order valence-corrected chi connectivity index (χ4v) is 5.89. The molecule has 8 atom stereocenters. The van der Waals surface area contributed by atoms with Gasteiger partial charge in [-0.3, -0.25) is 10.3 Å². The zero-order chi connectivity index (χ0) is 26.3. The Hall–Kier alpha value is -2.21. The smallest absolute Gasteiger partial charge is 0.136 e. The van der Waals surface area contributed by atoms with Crippen molar-refractivity contribution in [2.24, 2.45) is 10.7 Å². The summed E-state index contributed by atoms with van der Waals surface area (Å²) < 4.78 is 24.0. The molecule has 1 aromatic heterocycles. The first kappa shape index (κ1) is 26.0. The lowest BCUT2D eigenvalue weighted by molar-refractivity contribution is -0.0521. The largest absolute Gasteiger partial charge is 0.373 e. The van der Waals surface area contributed by atoms with Crippen molar-refractivity contribution in [2.45, 2.75) is 101 Å². The van der Waals surface area contributed by atoms with Gasteiger partial charge in [-0.25, -0.2) is 9.97 Å². The van der Waals surface area contributed by atoms with E-state index in [1.807, 2.05) is 0 Å². The molecule has 5 aliphatic rings. The maximum atomic E-state index is 6.27. The molecular formula is C28H40N6O4. The van der Waals surface area contributed by atoms with Gasteiger partial charge in [0.2, 0.25) is 0 Å². The van der Waals surface area contributed by atoms with Crippen LogP contribution in [0.3, 0.4) is 0 Å². The van der Waals surface area contributed by atoms with Crippen LogP contribution in [0.2, 0.25) is 0 Å². The molecule has 3 aliphatic heterocycles. The molecule has 0 bridgehead atoms. The Bertz CT molecular complexity index is 1120. The number of nitrogens with zero attached hydrogens (tertiary/aromatic N) is 3. The second kappa shape index (κ2) is 10.7. The van der Waals surface area contributed by atoms with E-state index in [2.05, 4.69) is 58.5 Å². The molecule has 1 aromatic rings. The molecule has 10 nitrogen and oxygen atoms in total. The number of aliphatic imine (C=N–C) groups is 1. The highest BCUT2D eigenvalue weighted by Gasteiger charge is 2.53. The van der Waals surface area contributed by atoms with Crippen molar-refractivity contribution in [1.82, 2.24) is 20.6 Å². The number of allylic oxidation sites excluding steroid dienone is 1. The Labute approximate surface area is 224 Å². The molecular weight excluding hydrogens is 484 g/mol. The number of fused-ring (bicyclic) bond motifs is 1. The SMILES string of the molecule is CC1CC[C@@H](COC2C3=C2C(NC/C=C/CC(C)c2ncnc4c2C4(C)OCC2CCC(N)O2)N=CN3)O1. The number of hydrogen-bond acceptors (Lipinski definition) is 10. The second-order valence-electron chi connectivity index (χ2n) is 11.3. The number of nitrogens with two attached hydrogens (primary N) is 1. The molecule has 206 valence electrons. The average Bonchev–Trinajstić information content (AvgIpc) is 3.61. The minimum absolute atomic E-state index is 0.0268. The van der Waals surface area contributed by atoms with Gasteiger partial charge in [-0.1, -0.05) is 19.1 Å². The molecule has 2 saturated heterocycles. The van der Waals surface area contributed by atoms with Crippen molar-refractivity contribution in [3.8, 4) is 0 Å². The van der Waals surface area contributed by atoms with Gasteiger partial charge in [0.05, 0.1) is 54.9 Å². The molecule has 0 aromatic carbocycles. The van der Waals surface area contributed by atoms with Crippen LogP contribution in [0.1, 0.15) is 75.7 Å². The third-order valence-corrected chi connectivity index (χ3v) is 8.27. The van der Waals surface area contributed by atoms with Gasteiger partial charge in [0, 0.05) is 23.6 Å². The Balaban J connectivity index is 0.942. The lowest BCUT2D eigenvalue weighted by Gasteiger charge is -2.17. The highest BCUT2D eigenvalue weighted by Crippen LogP contribution is 2.52. The molecule has 2 aliphatic carbocycles. The summed E-state index contributed by atoms with van der Waals surface area (Å²) in [5.74, 6) is 0.262. The van der Waals surface area contributed by atoms with E-state index in [-0.39, 0.29) is 36.6 Å². The van der Waals surface area contributed by atoms with Crippen LogP contribution in [0.4, 0.5) is 0 Å². The third-order valence-electron chi connectivity index (χ3n) is 8.27. The predicted octanol–water partition coefficient (Wildman–Crippen LogP) is 2.35. The number of hydrogen-bond donors (Lipinski definition) is 3. The number of ether oxygens (including phenoxy) is 4. The first-order valence-electron chi connectivity index (χ1n) is 14.0. The fourth-order valence-electron chi connectivity index (χ4n) is 5.89. The van der Waals surface area contributed by atoms with Crippen LogP contribution < -0.4 is 16.4 Å². The van der Waals surface area contributed by atoms with E-state index in [4.69, 9.17) is 24.7 Å². The summed E-state index contributed by atoms with van der Waals surface area (Å²) in [5.41, 5.74) is 10.9. The van der Waals surface area contributed by atoms with E-state index in [1.54, 1.807) is 12.7 Å². The maximum Gasteiger partial charge on any atom is 0.136 e. The topological polar surface area (TPSA) is 125 Å². The minimum atomic E-state index is -0.467. The van der Waals surface area contributed by atoms with Crippen LogP contribution in [0.5, 0.6) is 0 Å². The van der Waals surface area contributed by atoms with Crippen molar-refractivity contribution in [2.75, 3.05) is 19.8 Å². The maximum absolute atomic E-state index is 6.27. The molecule has 7 unspecified atom stereocenters. The molecule has 0 saturated carbocycles. The molecule has 4 heterocycles. The summed E-state index contributed by atoms with van der Waals surface area (Å²) >= 11 is 0. The summed E-state index contributed by atoms with van der Waals surface area (Å²) in [5, 5.41) is 6.74. The second-order valence-corrected chi connectivity index (χ2v) is 11.3. The Morgan fingerprint density at radius 3 is 2.82 bits per heavy atom. The number of rotatable bonds is 12. The van der Waals surface area contributed by atoms with Crippen LogP contribution in [0.25, 0.3) is 0 Å². The summed E-state index contributed by atoms with van der Waals surface area (Å²) in [6.45, 7) is 8.29. The third kappa shape index (κ3) is 5.30. The van der Waals surface area contributed by atoms with E-state index in [1.165, 1.54) is 5.57 Å². The standard InChI is InChI=1S/C28H40N6O4/c1-16(23-22-26(33-14-31-23)28(22,3)36-13-19-9-10-20(29)38-19)6-4-5-11-30-27-21-24(32-15-34-27)25(21)35-12-18-8-7-17(2)37-18/h4-5,14-20,25,27,30H,6-13,29H2,1-3H3,(H,32,34)/b5-4+/t16?,17?,18-,19?,20?,25?,27?,28?/m0/s1. The lowest BCUT2D eigenvalue weighted by atomic mass is 10.0. The van der Waals surface area contributed by atoms with E-state index in [0.717, 1.165) is 61.3 Å². The van der Waals surface area contributed by atoms with Gasteiger partial charge in [-0.2, -0.15) is 0 Å². The van der Waals surface area contributed by atoms with Crippen molar-refractivity contribution in [3.63, 3.8) is 0 Å². The summed E-state index contributed by atoms with van der Waals surface area (Å²) in [6, 6.07) is 0. The number of aromatic nitrogens is 2. The van der Waals surface area contributed by atoms with Crippen LogP contribution in [0, 0.1) is 0 Å². The van der Waals surface area contributed by atoms with E-state index >= 15 is 0 Å². The van der Waals surface area contributed by atoms with Crippen molar-refractivity contribution >= 4 is 6.34 Å². The minimum Gasteiger partial charge on any atom is -0.373 e. The lowest BCUT2D eigenvalue weighted by Crippen LogP contribution is -2.30. The zero-order valence-electron chi connectivity index (χ0n) is 22.6. The fraction of sp³-hybridized carbons (Fsp3) is 0.679. The van der Waals surface area contributed by atoms with Gasteiger partial charge in [-0.15, -0.1) is 0 Å². The molecule has 2 fully saturated rings. The quantitative estimate of drug-likeness (QED) is 0.353. The zero-order valence-corrected chi connectivity index (χ0v) is 22.6. The van der Waals surface area contributed by atoms with Gasteiger partial charge in [0.25, 0.3) is 0 Å². The molecule has 10 heteroatoms. The molecule has 38 heavy (non-hydrogen) atoms. The van der Waals surface area contributed by atoms with Crippen molar-refractivity contribution in [1.29, 1.82) is 0 Å². The molecule has 0 amide bonds. The van der Waals surface area contributed by atoms with Gasteiger partial charge < -0.3 is 30.0 Å². The van der Waals surface area contributed by atoms with Crippen LogP contribution >= 0.6 is 0 Å². The highest BCUT2D eigenvalue weighted by atomic mass is 16.6. The molecule has 0 radical (unpaired) electrons. The summed E-state index contributed by atoms with van der Waals surface area (Å²) in [7, 11) is 0. The first-order chi connectivity index (χ1) is 18.4. The first-order valence-corrected chi connectivity index (χ1v) is 14.0. The Morgan fingerprint density at radius 1 is 1.18 bits per heavy atom. The molecule has 4 N–H and O–H groups in total. The van der Waals surface area contributed by atoms with Gasteiger partial charge in [0.15, 0.2) is 0 Å². The van der Waals surface area contributed by atoms with Crippen molar-refractivity contribution in [3.05, 3.63) is 46.7 Å². The van der Waals surface area contributed by atoms with Crippen LogP contribution in [-0.2, 0) is 24.5 Å². The monoisotopic (exact) mass is 524 g/mol. The Morgan fingerprint density at radius 2 is 2.03 bits per heavy atom. The average molecular weight is 525 g/mol. The molecule has 0 spiro atoms. The summed E-state index contributed by atoms with van der Waals surface area (Å²) in [6.07, 6.45) is 13.1. The normalized spacial score (nSPS) is 35.9. The van der Waals surface area contributed by atoms with Crippen LogP contribution in [-0.4, -0.2) is 72.9 Å². The Kier molecular flexibility index (Phi) is 7.36. The van der Waals surface area contributed by atoms with E-state index in [9.17, 15) is 0 Å². The van der Waals surface area contributed by atoms with Crippen molar-refractivity contribution < 1.29 is 18.9 Å². The van der Waals surface area contributed by atoms with E-state index < -0.39 is 5.60 Å². The number of nitrogens with one attached hydrogen (secondary N) is 2. The molecule has 6 rings (SSSR count). The highest BCUT2D eigenvalue weighted by molar-refractivity contribution is 5.68. The predicted molar refractivity (Wildman–Crippen MR) is 142 cm³/mol.